The number of rotatable bonds is 5. The lowest BCUT2D eigenvalue weighted by Gasteiger charge is -2.14. The Hall–Kier alpha value is -3.34. The molecule has 4 aromatic rings. The van der Waals surface area contributed by atoms with Gasteiger partial charge in [0.25, 0.3) is 0 Å². The van der Waals surface area contributed by atoms with Crippen LogP contribution >= 0.6 is 0 Å². The summed E-state index contributed by atoms with van der Waals surface area (Å²) in [5.74, 6) is 2.27. The highest BCUT2D eigenvalue weighted by Gasteiger charge is 2.14. The second-order valence-electron chi connectivity index (χ2n) is 6.06. The molecule has 0 unspecified atom stereocenters. The van der Waals surface area contributed by atoms with Crippen molar-refractivity contribution in [1.29, 1.82) is 0 Å². The molecular formula is C21H19N3O2. The summed E-state index contributed by atoms with van der Waals surface area (Å²) in [4.78, 5) is 8.67. The first kappa shape index (κ1) is 16.1. The topological polar surface area (TPSA) is 60.2 Å². The summed E-state index contributed by atoms with van der Waals surface area (Å²) in [5.41, 5.74) is 2.68. The molecule has 4 rings (SSSR count). The number of benzene rings is 2. The summed E-state index contributed by atoms with van der Waals surface area (Å²) in [6.07, 6.45) is 1.52. The molecule has 2 aromatic carbocycles. The predicted octanol–water partition coefficient (Wildman–Crippen LogP) is 5.07. The van der Waals surface area contributed by atoms with E-state index in [1.807, 2.05) is 48.5 Å². The van der Waals surface area contributed by atoms with Crippen LogP contribution in [-0.2, 0) is 0 Å². The minimum atomic E-state index is 0.115. The van der Waals surface area contributed by atoms with Crippen LogP contribution < -0.4 is 10.1 Å². The molecule has 1 N–H and O–H groups in total. The van der Waals surface area contributed by atoms with Gasteiger partial charge in [0.05, 0.1) is 12.5 Å². The molecule has 5 heteroatoms. The summed E-state index contributed by atoms with van der Waals surface area (Å²) >= 11 is 0. The van der Waals surface area contributed by atoms with Crippen molar-refractivity contribution in [3.8, 4) is 17.1 Å². The van der Waals surface area contributed by atoms with Gasteiger partial charge in [-0.15, -0.1) is 0 Å². The van der Waals surface area contributed by atoms with Gasteiger partial charge in [-0.2, -0.15) is 0 Å². The van der Waals surface area contributed by atoms with Crippen molar-refractivity contribution in [2.45, 2.75) is 13.0 Å². The van der Waals surface area contributed by atoms with Crippen molar-refractivity contribution in [3.63, 3.8) is 0 Å². The molecule has 0 radical (unpaired) electrons. The zero-order chi connectivity index (χ0) is 17.9. The Kier molecular flexibility index (Phi) is 4.27. The highest BCUT2D eigenvalue weighted by molar-refractivity contribution is 5.89. The van der Waals surface area contributed by atoms with Gasteiger partial charge in [-0.25, -0.2) is 9.97 Å². The minimum absolute atomic E-state index is 0.115. The summed E-state index contributed by atoms with van der Waals surface area (Å²) in [6, 6.07) is 20.1. The second-order valence-corrected chi connectivity index (χ2v) is 6.06. The summed E-state index contributed by atoms with van der Waals surface area (Å²) in [5, 5.41) is 4.31. The first-order chi connectivity index (χ1) is 12.7. The summed E-state index contributed by atoms with van der Waals surface area (Å²) in [6.45, 7) is 2.10. The van der Waals surface area contributed by atoms with Crippen LogP contribution in [0.15, 0.2) is 71.4 Å². The second kappa shape index (κ2) is 6.88. The third-order valence-electron chi connectivity index (χ3n) is 4.34. The molecule has 2 heterocycles. The van der Waals surface area contributed by atoms with Gasteiger partial charge in [0, 0.05) is 11.6 Å². The van der Waals surface area contributed by atoms with E-state index in [0.29, 0.717) is 5.71 Å². The number of ether oxygens (including phenoxy) is 1. The molecule has 0 spiro atoms. The maximum atomic E-state index is 5.93. The number of hydrogen-bond donors (Lipinski definition) is 1. The maximum absolute atomic E-state index is 5.93. The lowest BCUT2D eigenvalue weighted by molar-refractivity contribution is 0.415. The third kappa shape index (κ3) is 3.11. The molecule has 130 valence electrons. The first-order valence-electron chi connectivity index (χ1n) is 8.45. The zero-order valence-electron chi connectivity index (χ0n) is 14.6. The van der Waals surface area contributed by atoms with E-state index in [1.165, 1.54) is 11.9 Å². The minimum Gasteiger partial charge on any atom is -0.497 e. The largest absolute Gasteiger partial charge is 0.497 e. The Labute approximate surface area is 151 Å². The van der Waals surface area contributed by atoms with Crippen LogP contribution in [0.3, 0.4) is 0 Å². The van der Waals surface area contributed by atoms with Crippen LogP contribution in [-0.4, -0.2) is 17.1 Å². The number of nitrogens with one attached hydrogen (secondary N) is 1. The van der Waals surface area contributed by atoms with Gasteiger partial charge in [-0.05, 0) is 30.7 Å². The van der Waals surface area contributed by atoms with Gasteiger partial charge in [0.15, 0.2) is 0 Å². The fraction of sp³-hybridized carbons (Fsp3) is 0.143. The average molecular weight is 345 g/mol. The normalized spacial score (nSPS) is 12.1. The Morgan fingerprint density at radius 2 is 1.85 bits per heavy atom. The Morgan fingerprint density at radius 3 is 2.65 bits per heavy atom. The monoisotopic (exact) mass is 345 g/mol. The highest BCUT2D eigenvalue weighted by atomic mass is 16.5. The smallest absolute Gasteiger partial charge is 0.231 e. The van der Waals surface area contributed by atoms with Gasteiger partial charge < -0.3 is 14.5 Å². The maximum Gasteiger partial charge on any atom is 0.231 e. The van der Waals surface area contributed by atoms with Crippen molar-refractivity contribution in [2.75, 3.05) is 12.4 Å². The molecule has 0 amide bonds. The van der Waals surface area contributed by atoms with Gasteiger partial charge in [0.1, 0.15) is 23.7 Å². The first-order valence-corrected chi connectivity index (χ1v) is 8.45. The van der Waals surface area contributed by atoms with Crippen molar-refractivity contribution in [3.05, 3.63) is 72.6 Å². The van der Waals surface area contributed by atoms with E-state index in [9.17, 15) is 0 Å². The molecule has 0 aliphatic rings. The highest BCUT2D eigenvalue weighted by Crippen LogP contribution is 2.32. The summed E-state index contributed by atoms with van der Waals surface area (Å²) < 4.78 is 11.2. The fourth-order valence-electron chi connectivity index (χ4n) is 2.92. The molecule has 0 aliphatic carbocycles. The SMILES string of the molecule is COc1cccc(-c2cc3c(N[C@H](C)c4ccccc4)ncnc3o2)c1. The molecule has 0 fully saturated rings. The molecule has 2 aromatic heterocycles. The zero-order valence-corrected chi connectivity index (χ0v) is 14.6. The number of hydrogen-bond acceptors (Lipinski definition) is 5. The number of fused-ring (bicyclic) bond motifs is 1. The van der Waals surface area contributed by atoms with Crippen LogP contribution in [0, 0.1) is 0 Å². The summed E-state index contributed by atoms with van der Waals surface area (Å²) in [7, 11) is 1.65. The van der Waals surface area contributed by atoms with Crippen LogP contribution in [0.4, 0.5) is 5.82 Å². The lowest BCUT2D eigenvalue weighted by Crippen LogP contribution is -2.08. The molecule has 0 bridgehead atoms. The van der Waals surface area contributed by atoms with Crippen molar-refractivity contribution < 1.29 is 9.15 Å². The number of aromatic nitrogens is 2. The van der Waals surface area contributed by atoms with E-state index in [4.69, 9.17) is 9.15 Å². The van der Waals surface area contributed by atoms with Crippen LogP contribution in [0.25, 0.3) is 22.4 Å². The molecule has 0 aliphatic heterocycles. The number of furan rings is 1. The third-order valence-corrected chi connectivity index (χ3v) is 4.34. The standard InChI is InChI=1S/C21H19N3O2/c1-14(15-7-4-3-5-8-15)24-20-18-12-19(26-21(18)23-13-22-20)16-9-6-10-17(11-16)25-2/h3-14H,1-2H3,(H,22,23,24)/t14-/m1/s1. The molecular weight excluding hydrogens is 326 g/mol. The van der Waals surface area contributed by atoms with E-state index >= 15 is 0 Å². The van der Waals surface area contributed by atoms with Gasteiger partial charge in [-0.1, -0.05) is 42.5 Å². The van der Waals surface area contributed by atoms with Gasteiger partial charge in [0.2, 0.25) is 5.71 Å². The molecule has 0 saturated carbocycles. The van der Waals surface area contributed by atoms with E-state index in [2.05, 4.69) is 34.3 Å². The number of anilines is 1. The molecule has 26 heavy (non-hydrogen) atoms. The van der Waals surface area contributed by atoms with E-state index in [1.54, 1.807) is 7.11 Å². The lowest BCUT2D eigenvalue weighted by atomic mass is 10.1. The van der Waals surface area contributed by atoms with Crippen LogP contribution in [0.1, 0.15) is 18.5 Å². The van der Waals surface area contributed by atoms with E-state index < -0.39 is 0 Å². The van der Waals surface area contributed by atoms with E-state index in [0.717, 1.165) is 28.3 Å². The quantitative estimate of drug-likeness (QED) is 0.547. The predicted molar refractivity (Wildman–Crippen MR) is 102 cm³/mol. The Morgan fingerprint density at radius 1 is 1.00 bits per heavy atom. The van der Waals surface area contributed by atoms with Crippen molar-refractivity contribution in [2.24, 2.45) is 0 Å². The fourth-order valence-corrected chi connectivity index (χ4v) is 2.92. The van der Waals surface area contributed by atoms with Crippen molar-refractivity contribution in [1.82, 2.24) is 9.97 Å². The van der Waals surface area contributed by atoms with Crippen molar-refractivity contribution >= 4 is 16.9 Å². The Bertz CT molecular complexity index is 1030. The number of methoxy groups -OCH3 is 1. The molecule has 5 nitrogen and oxygen atoms in total. The van der Waals surface area contributed by atoms with E-state index in [-0.39, 0.29) is 6.04 Å². The van der Waals surface area contributed by atoms with Crippen LogP contribution in [0.2, 0.25) is 0 Å². The van der Waals surface area contributed by atoms with Crippen LogP contribution in [0.5, 0.6) is 5.75 Å². The van der Waals surface area contributed by atoms with Gasteiger partial charge >= 0.3 is 0 Å². The van der Waals surface area contributed by atoms with Gasteiger partial charge in [-0.3, -0.25) is 0 Å². The Balaban J connectivity index is 1.69. The molecule has 1 atom stereocenters. The molecule has 0 saturated heterocycles. The number of nitrogens with zero attached hydrogens (tertiary/aromatic N) is 2. The average Bonchev–Trinajstić information content (AvgIpc) is 3.14.